The van der Waals surface area contributed by atoms with Crippen LogP contribution in [0.15, 0.2) is 54.6 Å². The summed E-state index contributed by atoms with van der Waals surface area (Å²) in [4.78, 5) is 2.35. The van der Waals surface area contributed by atoms with Gasteiger partial charge in [-0.2, -0.15) is 0 Å². The van der Waals surface area contributed by atoms with Gasteiger partial charge < -0.3 is 9.64 Å². The SMILES string of the molecule is C[C@@]12CCO[C@@H]1N(c1ccccc1)c1ccccc12. The van der Waals surface area contributed by atoms with E-state index >= 15 is 0 Å². The van der Waals surface area contributed by atoms with E-state index in [1.54, 1.807) is 0 Å². The van der Waals surface area contributed by atoms with Crippen LogP contribution < -0.4 is 4.90 Å². The Morgan fingerprint density at radius 1 is 1.05 bits per heavy atom. The lowest BCUT2D eigenvalue weighted by molar-refractivity contribution is 0.0961. The molecule has 0 unspecified atom stereocenters. The molecular weight excluding hydrogens is 234 g/mol. The van der Waals surface area contributed by atoms with Crippen LogP contribution in [0.25, 0.3) is 0 Å². The molecule has 0 aliphatic carbocycles. The quantitative estimate of drug-likeness (QED) is 0.763. The average molecular weight is 251 g/mol. The highest BCUT2D eigenvalue weighted by molar-refractivity contribution is 5.73. The smallest absolute Gasteiger partial charge is 0.144 e. The van der Waals surface area contributed by atoms with E-state index in [1.807, 2.05) is 0 Å². The summed E-state index contributed by atoms with van der Waals surface area (Å²) in [6.07, 6.45) is 1.23. The summed E-state index contributed by atoms with van der Waals surface area (Å²) in [7, 11) is 0. The third kappa shape index (κ3) is 1.41. The first-order chi connectivity index (χ1) is 9.31. The molecule has 2 nitrogen and oxygen atoms in total. The number of nitrogens with zero attached hydrogens (tertiary/aromatic N) is 1. The van der Waals surface area contributed by atoms with Crippen molar-refractivity contribution < 1.29 is 4.74 Å². The van der Waals surface area contributed by atoms with Gasteiger partial charge >= 0.3 is 0 Å². The summed E-state index contributed by atoms with van der Waals surface area (Å²) >= 11 is 0. The minimum absolute atomic E-state index is 0.117. The van der Waals surface area contributed by atoms with Gasteiger partial charge in [-0.25, -0.2) is 0 Å². The predicted octanol–water partition coefficient (Wildman–Crippen LogP) is 3.84. The number of benzene rings is 2. The van der Waals surface area contributed by atoms with E-state index in [-0.39, 0.29) is 11.6 Å². The molecule has 2 aromatic carbocycles. The highest BCUT2D eigenvalue weighted by atomic mass is 16.5. The van der Waals surface area contributed by atoms with Gasteiger partial charge in [-0.3, -0.25) is 0 Å². The standard InChI is InChI=1S/C17H17NO/c1-17-11-12-19-16(17)18(13-7-3-2-4-8-13)15-10-6-5-9-14(15)17/h2-10,16H,11-12H2,1H3/t16-,17-/m0/s1. The Balaban J connectivity index is 1.92. The number of rotatable bonds is 1. The predicted molar refractivity (Wildman–Crippen MR) is 76.7 cm³/mol. The highest BCUT2D eigenvalue weighted by Gasteiger charge is 2.52. The molecule has 1 saturated heterocycles. The second kappa shape index (κ2) is 3.84. The summed E-state index contributed by atoms with van der Waals surface area (Å²) in [5.74, 6) is 0. The van der Waals surface area contributed by atoms with E-state index in [9.17, 15) is 0 Å². The van der Waals surface area contributed by atoms with Crippen LogP contribution in [0.4, 0.5) is 11.4 Å². The second-order valence-electron chi connectivity index (χ2n) is 5.61. The Hall–Kier alpha value is -1.80. The monoisotopic (exact) mass is 251 g/mol. The number of fused-ring (bicyclic) bond motifs is 3. The van der Waals surface area contributed by atoms with E-state index in [0.717, 1.165) is 13.0 Å². The van der Waals surface area contributed by atoms with Gasteiger partial charge in [-0.05, 0) is 30.2 Å². The first-order valence-electron chi connectivity index (χ1n) is 6.86. The number of anilines is 2. The van der Waals surface area contributed by atoms with Gasteiger partial charge in [-0.1, -0.05) is 43.3 Å². The summed E-state index contributed by atoms with van der Waals surface area (Å²) in [6, 6.07) is 19.2. The lowest BCUT2D eigenvalue weighted by Gasteiger charge is -2.29. The Kier molecular flexibility index (Phi) is 2.24. The largest absolute Gasteiger partial charge is 0.357 e. The minimum atomic E-state index is 0.117. The van der Waals surface area contributed by atoms with E-state index in [2.05, 4.69) is 66.4 Å². The fraction of sp³-hybridized carbons (Fsp3) is 0.294. The molecule has 2 heterocycles. The van der Waals surface area contributed by atoms with Crippen molar-refractivity contribution in [1.82, 2.24) is 0 Å². The fourth-order valence-corrected chi connectivity index (χ4v) is 3.47. The zero-order chi connectivity index (χ0) is 12.9. The molecule has 0 aromatic heterocycles. The molecule has 0 saturated carbocycles. The summed E-state index contributed by atoms with van der Waals surface area (Å²) in [5.41, 5.74) is 4.04. The van der Waals surface area contributed by atoms with Crippen LogP contribution >= 0.6 is 0 Å². The van der Waals surface area contributed by atoms with Crippen molar-refractivity contribution >= 4 is 11.4 Å². The van der Waals surface area contributed by atoms with Crippen LogP contribution in [0.5, 0.6) is 0 Å². The van der Waals surface area contributed by atoms with E-state index in [4.69, 9.17) is 4.74 Å². The van der Waals surface area contributed by atoms with Crippen molar-refractivity contribution in [2.45, 2.75) is 25.0 Å². The maximum absolute atomic E-state index is 6.06. The van der Waals surface area contributed by atoms with Crippen LogP contribution in [0.3, 0.4) is 0 Å². The van der Waals surface area contributed by atoms with Crippen molar-refractivity contribution in [1.29, 1.82) is 0 Å². The van der Waals surface area contributed by atoms with Gasteiger partial charge in [0.1, 0.15) is 6.23 Å². The Labute approximate surface area is 113 Å². The van der Waals surface area contributed by atoms with E-state index in [1.165, 1.54) is 16.9 Å². The molecule has 0 amide bonds. The summed E-state index contributed by atoms with van der Waals surface area (Å²) in [6.45, 7) is 3.17. The van der Waals surface area contributed by atoms with Gasteiger partial charge in [-0.15, -0.1) is 0 Å². The second-order valence-corrected chi connectivity index (χ2v) is 5.61. The summed E-state index contributed by atoms with van der Waals surface area (Å²) < 4.78 is 6.06. The molecule has 96 valence electrons. The van der Waals surface area contributed by atoms with Gasteiger partial charge in [0.25, 0.3) is 0 Å². The van der Waals surface area contributed by atoms with Gasteiger partial charge in [0.05, 0.1) is 6.61 Å². The molecule has 19 heavy (non-hydrogen) atoms. The number of ether oxygens (including phenoxy) is 1. The van der Waals surface area contributed by atoms with Crippen LogP contribution in [0, 0.1) is 0 Å². The van der Waals surface area contributed by atoms with Crippen molar-refractivity contribution in [3.05, 3.63) is 60.2 Å². The summed E-state index contributed by atoms with van der Waals surface area (Å²) in [5, 5.41) is 0. The topological polar surface area (TPSA) is 12.5 Å². The van der Waals surface area contributed by atoms with Crippen molar-refractivity contribution in [2.75, 3.05) is 11.5 Å². The molecule has 2 aliphatic rings. The van der Waals surface area contributed by atoms with Gasteiger partial charge in [0, 0.05) is 16.8 Å². The number of para-hydroxylation sites is 2. The maximum atomic E-state index is 6.06. The molecule has 2 atom stereocenters. The van der Waals surface area contributed by atoms with Gasteiger partial charge in [0.15, 0.2) is 0 Å². The molecular formula is C17H17NO. The highest BCUT2D eigenvalue weighted by Crippen LogP contribution is 2.53. The van der Waals surface area contributed by atoms with Gasteiger partial charge in [0.2, 0.25) is 0 Å². The Morgan fingerprint density at radius 3 is 2.63 bits per heavy atom. The molecule has 2 aromatic rings. The number of hydrogen-bond acceptors (Lipinski definition) is 2. The average Bonchev–Trinajstić information content (AvgIpc) is 2.94. The molecule has 0 bridgehead atoms. The van der Waals surface area contributed by atoms with Crippen LogP contribution in [0.2, 0.25) is 0 Å². The molecule has 0 radical (unpaired) electrons. The molecule has 2 aliphatic heterocycles. The molecule has 1 fully saturated rings. The fourth-order valence-electron chi connectivity index (χ4n) is 3.47. The molecule has 4 rings (SSSR count). The van der Waals surface area contributed by atoms with Crippen LogP contribution in [-0.4, -0.2) is 12.8 Å². The normalized spacial score (nSPS) is 28.3. The zero-order valence-electron chi connectivity index (χ0n) is 11.0. The Bertz CT molecular complexity index is 610. The third-order valence-corrected chi connectivity index (χ3v) is 4.49. The first-order valence-corrected chi connectivity index (χ1v) is 6.86. The lowest BCUT2D eigenvalue weighted by atomic mass is 9.82. The molecule has 0 N–H and O–H groups in total. The van der Waals surface area contributed by atoms with Crippen molar-refractivity contribution in [2.24, 2.45) is 0 Å². The van der Waals surface area contributed by atoms with E-state index in [0.29, 0.717) is 0 Å². The molecule has 2 heteroatoms. The number of hydrogen-bond donors (Lipinski definition) is 0. The van der Waals surface area contributed by atoms with Crippen LogP contribution in [-0.2, 0) is 10.2 Å². The zero-order valence-corrected chi connectivity index (χ0v) is 11.0. The Morgan fingerprint density at radius 2 is 1.79 bits per heavy atom. The maximum Gasteiger partial charge on any atom is 0.144 e. The van der Waals surface area contributed by atoms with Crippen LogP contribution in [0.1, 0.15) is 18.9 Å². The molecule has 0 spiro atoms. The lowest BCUT2D eigenvalue weighted by Crippen LogP contribution is -2.37. The van der Waals surface area contributed by atoms with Crippen molar-refractivity contribution in [3.63, 3.8) is 0 Å². The minimum Gasteiger partial charge on any atom is -0.357 e. The van der Waals surface area contributed by atoms with Crippen molar-refractivity contribution in [3.8, 4) is 0 Å². The first kappa shape index (κ1) is 11.1. The third-order valence-electron chi connectivity index (χ3n) is 4.49. The van der Waals surface area contributed by atoms with E-state index < -0.39 is 0 Å².